The maximum absolute atomic E-state index is 11.6. The minimum absolute atomic E-state index is 0.192. The highest BCUT2D eigenvalue weighted by Crippen LogP contribution is 2.35. The summed E-state index contributed by atoms with van der Waals surface area (Å²) in [5.41, 5.74) is 2.31. The normalized spacial score (nSPS) is 25.4. The van der Waals surface area contributed by atoms with E-state index in [1.54, 1.807) is 0 Å². The molecule has 0 spiro atoms. The van der Waals surface area contributed by atoms with Gasteiger partial charge >= 0.3 is 5.97 Å². The molecule has 1 saturated heterocycles. The number of aliphatic carboxylic acids is 1. The molecule has 5 heteroatoms. The van der Waals surface area contributed by atoms with Gasteiger partial charge in [0.25, 0.3) is 0 Å². The molecule has 2 atom stereocenters. The highest BCUT2D eigenvalue weighted by molar-refractivity contribution is 9.10. The van der Waals surface area contributed by atoms with E-state index in [1.807, 2.05) is 6.92 Å². The van der Waals surface area contributed by atoms with Crippen molar-refractivity contribution >= 4 is 21.9 Å². The van der Waals surface area contributed by atoms with Crippen molar-refractivity contribution in [2.45, 2.75) is 38.8 Å². The zero-order valence-corrected chi connectivity index (χ0v) is 13.7. The number of rotatable bonds is 3. The fourth-order valence-corrected chi connectivity index (χ4v) is 4.09. The third-order valence-corrected chi connectivity index (χ3v) is 4.95. The largest absolute Gasteiger partial charge is 0.493 e. The molecule has 0 aromatic heterocycles. The van der Waals surface area contributed by atoms with E-state index < -0.39 is 12.0 Å². The minimum atomic E-state index is -0.713. The second kappa shape index (κ2) is 5.97. The molecule has 0 bridgehead atoms. The maximum Gasteiger partial charge on any atom is 0.321 e. The Kier molecular flexibility index (Phi) is 4.22. The lowest BCUT2D eigenvalue weighted by Crippen LogP contribution is -2.48. The fourth-order valence-electron chi connectivity index (χ4n) is 3.53. The molecule has 1 aromatic rings. The van der Waals surface area contributed by atoms with Crippen molar-refractivity contribution in [1.29, 1.82) is 0 Å². The zero-order chi connectivity index (χ0) is 15.0. The Morgan fingerprint density at radius 2 is 2.33 bits per heavy atom. The van der Waals surface area contributed by atoms with Crippen molar-refractivity contribution in [3.8, 4) is 5.75 Å². The molecule has 0 aliphatic carbocycles. The van der Waals surface area contributed by atoms with Crippen LogP contribution in [0.2, 0.25) is 0 Å². The predicted molar refractivity (Wildman–Crippen MR) is 83.6 cm³/mol. The van der Waals surface area contributed by atoms with Crippen molar-refractivity contribution < 1.29 is 14.6 Å². The number of carboxylic acid groups (broad SMARTS) is 1. The van der Waals surface area contributed by atoms with Crippen molar-refractivity contribution in [1.82, 2.24) is 4.90 Å². The van der Waals surface area contributed by atoms with Gasteiger partial charge in [0, 0.05) is 23.0 Å². The number of ether oxygens (including phenoxy) is 1. The molecule has 2 aliphatic heterocycles. The Morgan fingerprint density at radius 3 is 3.10 bits per heavy atom. The van der Waals surface area contributed by atoms with E-state index in [9.17, 15) is 9.90 Å². The zero-order valence-electron chi connectivity index (χ0n) is 12.1. The number of nitrogens with zero attached hydrogens (tertiary/aromatic N) is 1. The van der Waals surface area contributed by atoms with Gasteiger partial charge in [-0.3, -0.25) is 9.69 Å². The van der Waals surface area contributed by atoms with Crippen LogP contribution in [-0.4, -0.2) is 35.2 Å². The van der Waals surface area contributed by atoms with Gasteiger partial charge in [-0.1, -0.05) is 22.9 Å². The lowest BCUT2D eigenvalue weighted by molar-refractivity contribution is -0.147. The first-order valence-corrected chi connectivity index (χ1v) is 8.26. The molecule has 3 rings (SSSR count). The molecular formula is C16H20BrNO3. The number of carboxylic acids is 1. The lowest BCUT2D eigenvalue weighted by atomic mass is 9.90. The number of benzene rings is 1. The van der Waals surface area contributed by atoms with Crippen LogP contribution in [-0.2, 0) is 17.8 Å². The van der Waals surface area contributed by atoms with Gasteiger partial charge in [0.15, 0.2) is 0 Å². The van der Waals surface area contributed by atoms with Crippen LogP contribution in [0.4, 0.5) is 0 Å². The second-order valence-corrected chi connectivity index (χ2v) is 6.94. The molecular weight excluding hydrogens is 334 g/mol. The van der Waals surface area contributed by atoms with Gasteiger partial charge < -0.3 is 9.84 Å². The van der Waals surface area contributed by atoms with Crippen LogP contribution < -0.4 is 4.74 Å². The predicted octanol–water partition coefficient (Wildman–Crippen LogP) is 3.07. The van der Waals surface area contributed by atoms with Crippen LogP contribution in [0.25, 0.3) is 0 Å². The number of piperidine rings is 1. The van der Waals surface area contributed by atoms with Crippen LogP contribution in [0.3, 0.4) is 0 Å². The lowest BCUT2D eigenvalue weighted by Gasteiger charge is -2.37. The van der Waals surface area contributed by atoms with Gasteiger partial charge in [-0.15, -0.1) is 0 Å². The highest BCUT2D eigenvalue weighted by atomic mass is 79.9. The van der Waals surface area contributed by atoms with Gasteiger partial charge in [0.05, 0.1) is 6.61 Å². The van der Waals surface area contributed by atoms with Crippen LogP contribution in [0.5, 0.6) is 5.75 Å². The average molecular weight is 354 g/mol. The minimum Gasteiger partial charge on any atom is -0.493 e. The molecule has 0 amide bonds. The first kappa shape index (κ1) is 14.9. The fraction of sp³-hybridized carbons (Fsp3) is 0.562. The molecule has 1 aromatic carbocycles. The monoisotopic (exact) mass is 353 g/mol. The van der Waals surface area contributed by atoms with Gasteiger partial charge in [-0.25, -0.2) is 0 Å². The maximum atomic E-state index is 11.6. The molecule has 114 valence electrons. The number of hydrogen-bond acceptors (Lipinski definition) is 3. The molecule has 2 unspecified atom stereocenters. The number of fused-ring (bicyclic) bond motifs is 1. The van der Waals surface area contributed by atoms with E-state index in [4.69, 9.17) is 4.74 Å². The Hall–Kier alpha value is -1.07. The molecule has 2 aliphatic rings. The van der Waals surface area contributed by atoms with Crippen LogP contribution in [0.1, 0.15) is 30.9 Å². The molecule has 1 N–H and O–H groups in total. The summed E-state index contributed by atoms with van der Waals surface area (Å²) in [7, 11) is 0. The number of halogens is 1. The molecule has 0 saturated carbocycles. The Morgan fingerprint density at radius 1 is 1.52 bits per heavy atom. The number of hydrogen-bond donors (Lipinski definition) is 1. The summed E-state index contributed by atoms with van der Waals surface area (Å²) in [6, 6.07) is 3.76. The first-order valence-electron chi connectivity index (χ1n) is 7.47. The summed E-state index contributed by atoms with van der Waals surface area (Å²) < 4.78 is 6.79. The summed E-state index contributed by atoms with van der Waals surface area (Å²) in [5, 5.41) is 9.52. The molecule has 21 heavy (non-hydrogen) atoms. The Labute approximate surface area is 133 Å². The van der Waals surface area contributed by atoms with E-state index in [2.05, 4.69) is 33.0 Å². The van der Waals surface area contributed by atoms with Crippen molar-refractivity contribution in [3.63, 3.8) is 0 Å². The third kappa shape index (κ3) is 2.94. The summed E-state index contributed by atoms with van der Waals surface area (Å²) >= 11 is 3.55. The molecule has 4 nitrogen and oxygen atoms in total. The standard InChI is InChI=1S/C16H20BrNO3/c1-10-3-2-5-18(14(10)16(19)20)9-12-8-13(17)7-11-4-6-21-15(11)12/h7-8,10,14H,2-6,9H2,1H3,(H,19,20). The van der Waals surface area contributed by atoms with E-state index in [0.29, 0.717) is 6.54 Å². The molecule has 1 fully saturated rings. The van der Waals surface area contributed by atoms with Crippen molar-refractivity contribution in [3.05, 3.63) is 27.7 Å². The van der Waals surface area contributed by atoms with Gasteiger partial charge in [-0.2, -0.15) is 0 Å². The summed E-state index contributed by atoms with van der Waals surface area (Å²) in [4.78, 5) is 13.7. The quantitative estimate of drug-likeness (QED) is 0.907. The number of carbonyl (C=O) groups is 1. The number of likely N-dealkylation sites (tertiary alicyclic amines) is 1. The third-order valence-electron chi connectivity index (χ3n) is 4.49. The smallest absolute Gasteiger partial charge is 0.321 e. The van der Waals surface area contributed by atoms with Crippen molar-refractivity contribution in [2.24, 2.45) is 5.92 Å². The van der Waals surface area contributed by atoms with E-state index in [1.165, 1.54) is 5.56 Å². The van der Waals surface area contributed by atoms with Gasteiger partial charge in [0.1, 0.15) is 11.8 Å². The van der Waals surface area contributed by atoms with Crippen LogP contribution in [0.15, 0.2) is 16.6 Å². The van der Waals surface area contributed by atoms with E-state index >= 15 is 0 Å². The highest BCUT2D eigenvalue weighted by Gasteiger charge is 2.34. The average Bonchev–Trinajstić information content (AvgIpc) is 2.86. The second-order valence-electron chi connectivity index (χ2n) is 6.02. The topological polar surface area (TPSA) is 49.8 Å². The first-order chi connectivity index (χ1) is 10.1. The SMILES string of the molecule is CC1CCCN(Cc2cc(Br)cc3c2OCC3)C1C(=O)O. The van der Waals surface area contributed by atoms with E-state index in [-0.39, 0.29) is 5.92 Å². The van der Waals surface area contributed by atoms with Crippen LogP contribution in [0, 0.1) is 5.92 Å². The summed E-state index contributed by atoms with van der Waals surface area (Å²) in [5.74, 6) is 0.438. The Balaban J connectivity index is 1.87. The van der Waals surface area contributed by atoms with Gasteiger partial charge in [0.2, 0.25) is 0 Å². The van der Waals surface area contributed by atoms with E-state index in [0.717, 1.165) is 48.2 Å². The molecule has 2 heterocycles. The summed E-state index contributed by atoms with van der Waals surface area (Å²) in [6.45, 7) is 4.23. The van der Waals surface area contributed by atoms with Crippen LogP contribution >= 0.6 is 15.9 Å². The van der Waals surface area contributed by atoms with Crippen molar-refractivity contribution in [2.75, 3.05) is 13.2 Å². The Bertz CT molecular complexity index is 561. The van der Waals surface area contributed by atoms with Gasteiger partial charge in [-0.05, 0) is 43.0 Å². The molecule has 0 radical (unpaired) electrons. The summed E-state index contributed by atoms with van der Waals surface area (Å²) in [6.07, 6.45) is 2.98.